The average molecular weight is 227 g/mol. The van der Waals surface area contributed by atoms with Crippen LogP contribution in [-0.4, -0.2) is 6.54 Å². The van der Waals surface area contributed by atoms with Crippen molar-refractivity contribution in [2.24, 2.45) is 0 Å². The zero-order valence-corrected chi connectivity index (χ0v) is 9.87. The maximum atomic E-state index is 8.87. The number of allylic oxidation sites excluding steroid dienone is 1. The lowest BCUT2D eigenvalue weighted by atomic mass is 10.1. The Labute approximate surface area is 102 Å². The third-order valence-electron chi connectivity index (χ3n) is 3.12. The van der Waals surface area contributed by atoms with Crippen molar-refractivity contribution in [2.45, 2.75) is 25.7 Å². The molecule has 0 radical (unpaired) electrons. The van der Waals surface area contributed by atoms with E-state index in [0.29, 0.717) is 11.3 Å². The minimum Gasteiger partial charge on any atom is -0.396 e. The number of para-hydroxylation sites is 1. The maximum Gasteiger partial charge on any atom is 0.101 e. The summed E-state index contributed by atoms with van der Waals surface area (Å²) in [6.45, 7) is 0.880. The minimum atomic E-state index is 0.537. The van der Waals surface area contributed by atoms with Crippen molar-refractivity contribution in [3.63, 3.8) is 0 Å². The molecule has 17 heavy (non-hydrogen) atoms. The molecule has 1 aromatic rings. The number of benzene rings is 1. The number of nitriles is 1. The molecule has 3 nitrogen and oxygen atoms in total. The van der Waals surface area contributed by atoms with E-state index < -0.39 is 0 Å². The largest absolute Gasteiger partial charge is 0.396 e. The first-order chi connectivity index (χ1) is 8.31. The van der Waals surface area contributed by atoms with E-state index >= 15 is 0 Å². The van der Waals surface area contributed by atoms with Crippen LogP contribution in [0.1, 0.15) is 31.2 Å². The molecule has 0 saturated carbocycles. The number of nitrogen functional groups attached to an aromatic ring is 1. The highest BCUT2D eigenvalue weighted by Crippen LogP contribution is 2.24. The van der Waals surface area contributed by atoms with E-state index in [4.69, 9.17) is 11.0 Å². The van der Waals surface area contributed by atoms with Gasteiger partial charge in [-0.05, 0) is 37.8 Å². The number of nitrogens with two attached hydrogens (primary N) is 1. The summed E-state index contributed by atoms with van der Waals surface area (Å²) in [4.78, 5) is 0. The van der Waals surface area contributed by atoms with Crippen molar-refractivity contribution in [1.82, 2.24) is 0 Å². The topological polar surface area (TPSA) is 61.8 Å². The molecule has 0 heterocycles. The Bertz CT molecular complexity index is 469. The highest BCUT2D eigenvalue weighted by Gasteiger charge is 2.06. The predicted molar refractivity (Wildman–Crippen MR) is 70.6 cm³/mol. The summed E-state index contributed by atoms with van der Waals surface area (Å²) >= 11 is 0. The van der Waals surface area contributed by atoms with Crippen molar-refractivity contribution < 1.29 is 0 Å². The fraction of sp³-hybridized carbons (Fsp3) is 0.357. The van der Waals surface area contributed by atoms with Gasteiger partial charge in [-0.1, -0.05) is 17.7 Å². The number of nitrogens with zero attached hydrogens (tertiary/aromatic N) is 1. The van der Waals surface area contributed by atoms with Gasteiger partial charge in [0.25, 0.3) is 0 Å². The van der Waals surface area contributed by atoms with E-state index in [2.05, 4.69) is 17.5 Å². The van der Waals surface area contributed by atoms with Gasteiger partial charge in [-0.15, -0.1) is 0 Å². The molecule has 1 aliphatic carbocycles. The van der Waals surface area contributed by atoms with Gasteiger partial charge in [0.15, 0.2) is 0 Å². The molecule has 0 unspecified atom stereocenters. The lowest BCUT2D eigenvalue weighted by molar-refractivity contribution is 0.863. The van der Waals surface area contributed by atoms with E-state index in [1.165, 1.54) is 24.8 Å². The summed E-state index contributed by atoms with van der Waals surface area (Å²) in [5, 5.41) is 12.2. The van der Waals surface area contributed by atoms with Gasteiger partial charge >= 0.3 is 0 Å². The fourth-order valence-electron chi connectivity index (χ4n) is 2.14. The SMILES string of the molecule is N#Cc1cccc(NCCC2=CCCC2)c1N. The lowest BCUT2D eigenvalue weighted by Gasteiger charge is -2.10. The molecule has 3 N–H and O–H groups in total. The summed E-state index contributed by atoms with van der Waals surface area (Å²) in [5.41, 5.74) is 9.38. The minimum absolute atomic E-state index is 0.537. The molecule has 0 saturated heterocycles. The Kier molecular flexibility index (Phi) is 3.66. The second-order valence-corrected chi connectivity index (χ2v) is 4.31. The molecule has 1 aromatic carbocycles. The molecule has 1 aliphatic rings. The van der Waals surface area contributed by atoms with E-state index in [-0.39, 0.29) is 0 Å². The number of rotatable bonds is 4. The molecule has 0 atom stereocenters. The van der Waals surface area contributed by atoms with Gasteiger partial charge in [-0.3, -0.25) is 0 Å². The van der Waals surface area contributed by atoms with E-state index in [1.54, 1.807) is 6.07 Å². The maximum absolute atomic E-state index is 8.87. The molecule has 3 heteroatoms. The van der Waals surface area contributed by atoms with Crippen LogP contribution in [0.4, 0.5) is 11.4 Å². The Hall–Kier alpha value is -1.95. The standard InChI is InChI=1S/C14H17N3/c15-10-12-6-3-7-13(14(12)16)17-9-8-11-4-1-2-5-11/h3-4,6-7,17H,1-2,5,8-9,16H2. The van der Waals surface area contributed by atoms with Crippen LogP contribution in [-0.2, 0) is 0 Å². The molecule has 2 rings (SSSR count). The van der Waals surface area contributed by atoms with Gasteiger partial charge in [-0.2, -0.15) is 5.26 Å². The zero-order valence-electron chi connectivity index (χ0n) is 9.87. The van der Waals surface area contributed by atoms with Crippen LogP contribution in [0.5, 0.6) is 0 Å². The molecule has 0 amide bonds. The van der Waals surface area contributed by atoms with E-state index in [0.717, 1.165) is 18.7 Å². The normalized spacial score (nSPS) is 14.2. The highest BCUT2D eigenvalue weighted by atomic mass is 14.9. The molecular weight excluding hydrogens is 210 g/mol. The number of hydrogen-bond acceptors (Lipinski definition) is 3. The van der Waals surface area contributed by atoms with Gasteiger partial charge in [-0.25, -0.2) is 0 Å². The fourth-order valence-corrected chi connectivity index (χ4v) is 2.14. The van der Waals surface area contributed by atoms with Crippen LogP contribution in [0.2, 0.25) is 0 Å². The second-order valence-electron chi connectivity index (χ2n) is 4.31. The molecule has 0 fully saturated rings. The predicted octanol–water partition coefficient (Wildman–Crippen LogP) is 3.05. The Morgan fingerprint density at radius 2 is 2.29 bits per heavy atom. The summed E-state index contributed by atoms with van der Waals surface area (Å²) in [6.07, 6.45) is 7.14. The number of nitrogens with one attached hydrogen (secondary N) is 1. The van der Waals surface area contributed by atoms with Gasteiger partial charge < -0.3 is 11.1 Å². The molecule has 0 bridgehead atoms. The van der Waals surface area contributed by atoms with Crippen molar-refractivity contribution in [3.8, 4) is 6.07 Å². The summed E-state index contributed by atoms with van der Waals surface area (Å²) in [6, 6.07) is 7.60. The zero-order chi connectivity index (χ0) is 12.1. The molecular formula is C14H17N3. The van der Waals surface area contributed by atoms with Crippen LogP contribution in [0, 0.1) is 11.3 Å². The molecule has 88 valence electrons. The second kappa shape index (κ2) is 5.40. The first kappa shape index (κ1) is 11.5. The van der Waals surface area contributed by atoms with E-state index in [1.807, 2.05) is 12.1 Å². The van der Waals surface area contributed by atoms with Gasteiger partial charge in [0.1, 0.15) is 6.07 Å². The number of anilines is 2. The summed E-state index contributed by atoms with van der Waals surface area (Å²) in [5.74, 6) is 0. The van der Waals surface area contributed by atoms with Crippen LogP contribution >= 0.6 is 0 Å². The van der Waals surface area contributed by atoms with Crippen molar-refractivity contribution in [3.05, 3.63) is 35.4 Å². The van der Waals surface area contributed by atoms with Crippen LogP contribution < -0.4 is 11.1 Å². The van der Waals surface area contributed by atoms with Gasteiger partial charge in [0.05, 0.1) is 16.9 Å². The molecule has 0 aliphatic heterocycles. The van der Waals surface area contributed by atoms with Crippen LogP contribution in [0.15, 0.2) is 29.8 Å². The van der Waals surface area contributed by atoms with Gasteiger partial charge in [0.2, 0.25) is 0 Å². The number of hydrogen-bond donors (Lipinski definition) is 2. The Morgan fingerprint density at radius 1 is 1.41 bits per heavy atom. The first-order valence-electron chi connectivity index (χ1n) is 6.01. The third kappa shape index (κ3) is 2.79. The summed E-state index contributed by atoms with van der Waals surface area (Å²) < 4.78 is 0. The van der Waals surface area contributed by atoms with Crippen molar-refractivity contribution >= 4 is 11.4 Å². The summed E-state index contributed by atoms with van der Waals surface area (Å²) in [7, 11) is 0. The lowest BCUT2D eigenvalue weighted by Crippen LogP contribution is -2.05. The monoisotopic (exact) mass is 227 g/mol. The van der Waals surface area contributed by atoms with Crippen molar-refractivity contribution in [1.29, 1.82) is 5.26 Å². The molecule has 0 aromatic heterocycles. The quantitative estimate of drug-likeness (QED) is 0.614. The highest BCUT2D eigenvalue weighted by molar-refractivity contribution is 5.72. The van der Waals surface area contributed by atoms with Crippen LogP contribution in [0.3, 0.4) is 0 Å². The smallest absolute Gasteiger partial charge is 0.101 e. The first-order valence-corrected chi connectivity index (χ1v) is 6.01. The van der Waals surface area contributed by atoms with E-state index in [9.17, 15) is 0 Å². The third-order valence-corrected chi connectivity index (χ3v) is 3.12. The molecule has 0 spiro atoms. The Balaban J connectivity index is 1.93. The van der Waals surface area contributed by atoms with Crippen LogP contribution in [0.25, 0.3) is 0 Å². The van der Waals surface area contributed by atoms with Gasteiger partial charge in [0, 0.05) is 6.54 Å². The average Bonchev–Trinajstić information content (AvgIpc) is 2.84. The Morgan fingerprint density at radius 3 is 3.00 bits per heavy atom. The van der Waals surface area contributed by atoms with Crippen molar-refractivity contribution in [2.75, 3.05) is 17.6 Å².